The summed E-state index contributed by atoms with van der Waals surface area (Å²) < 4.78 is 73.6. The molecule has 1 aromatic carbocycles. The predicted octanol–water partition coefficient (Wildman–Crippen LogP) is 1.92. The first-order valence-corrected chi connectivity index (χ1v) is 16.1. The average Bonchev–Trinajstić information content (AvgIpc) is 3.79. The van der Waals surface area contributed by atoms with Crippen LogP contribution in [-0.4, -0.2) is 119 Å². The third kappa shape index (κ3) is 7.48. The van der Waals surface area contributed by atoms with Gasteiger partial charge < -0.3 is 28.8 Å². The summed E-state index contributed by atoms with van der Waals surface area (Å²) in [6, 6.07) is -0.140. The van der Waals surface area contributed by atoms with Crippen LogP contribution < -0.4 is 0 Å². The van der Waals surface area contributed by atoms with Gasteiger partial charge in [0.2, 0.25) is 0 Å². The molecule has 0 aliphatic carbocycles. The molecule has 6 rings (SSSR count). The maximum absolute atomic E-state index is 14.1. The lowest BCUT2D eigenvalue weighted by atomic mass is 9.96. The fourth-order valence-electron chi connectivity index (χ4n) is 5.75. The maximum Gasteiger partial charge on any atom is 0.303 e. The van der Waals surface area contributed by atoms with E-state index in [9.17, 15) is 27.9 Å². The highest BCUT2D eigenvalue weighted by Crippen LogP contribution is 2.42. The molecule has 20 heteroatoms. The van der Waals surface area contributed by atoms with Gasteiger partial charge in [-0.1, -0.05) is 10.4 Å². The zero-order chi connectivity index (χ0) is 35.5. The molecule has 4 aromatic rings. The van der Waals surface area contributed by atoms with Gasteiger partial charge in [-0.05, 0) is 12.1 Å². The van der Waals surface area contributed by atoms with Crippen LogP contribution in [-0.2, 0) is 33.3 Å². The second-order valence-electron chi connectivity index (χ2n) is 11.4. The molecule has 16 nitrogen and oxygen atoms in total. The van der Waals surface area contributed by atoms with E-state index in [0.717, 1.165) is 23.9 Å². The molecule has 0 amide bonds. The topological polar surface area (TPSA) is 188 Å². The number of aliphatic hydroxyl groups is 1. The number of hydrogen-bond donors (Lipinski definition) is 1. The number of aromatic nitrogens is 8. The van der Waals surface area contributed by atoms with Gasteiger partial charge in [-0.2, -0.15) is 0 Å². The Balaban J connectivity index is 1.30. The predicted molar refractivity (Wildman–Crippen MR) is 164 cm³/mol. The van der Waals surface area contributed by atoms with Crippen molar-refractivity contribution in [2.45, 2.75) is 61.0 Å². The first-order chi connectivity index (χ1) is 24.0. The Labute approximate surface area is 286 Å². The van der Waals surface area contributed by atoms with Crippen LogP contribution in [0.25, 0.3) is 22.6 Å². The van der Waals surface area contributed by atoms with Crippen molar-refractivity contribution >= 4 is 23.7 Å². The Morgan fingerprint density at radius 3 is 2.38 bits per heavy atom. The van der Waals surface area contributed by atoms with E-state index in [1.165, 1.54) is 55.1 Å². The van der Waals surface area contributed by atoms with E-state index in [-0.39, 0.29) is 31.1 Å². The lowest BCUT2D eigenvalue weighted by molar-refractivity contribution is -0.208. The number of thioether (sulfide) groups is 1. The molecule has 0 spiro atoms. The Kier molecular flexibility index (Phi) is 10.7. The van der Waals surface area contributed by atoms with E-state index in [2.05, 4.69) is 30.6 Å². The number of aliphatic hydroxyl groups excluding tert-OH is 1. The van der Waals surface area contributed by atoms with Crippen LogP contribution in [0.5, 0.6) is 0 Å². The number of nitrogens with zero attached hydrogens (tertiary/aromatic N) is 8. The molecular weight excluding hydrogens is 689 g/mol. The molecule has 2 aliphatic heterocycles. The minimum absolute atomic E-state index is 0.0286. The Morgan fingerprint density at radius 1 is 0.980 bits per heavy atom. The molecular formula is C30H31F3N8O8S. The molecule has 5 heterocycles. The summed E-state index contributed by atoms with van der Waals surface area (Å²) in [7, 11) is 1.38. The number of methoxy groups -OCH3 is 1. The van der Waals surface area contributed by atoms with Gasteiger partial charge in [-0.15, -0.1) is 22.0 Å². The van der Waals surface area contributed by atoms with Crippen LogP contribution >= 0.6 is 11.8 Å². The fraction of sp³-hybridized carbons (Fsp3) is 0.467. The second kappa shape index (κ2) is 15.2. The molecule has 50 heavy (non-hydrogen) atoms. The lowest BCUT2D eigenvalue weighted by Gasteiger charge is -2.46. The molecule has 0 radical (unpaired) electrons. The number of benzene rings is 1. The summed E-state index contributed by atoms with van der Waals surface area (Å²) in [6.45, 7) is 2.26. The normalized spacial score (nSPS) is 26.8. The summed E-state index contributed by atoms with van der Waals surface area (Å²) in [5.74, 6) is -5.81. The van der Waals surface area contributed by atoms with Gasteiger partial charge in [0.05, 0.1) is 43.2 Å². The Hall–Kier alpha value is -4.50. The van der Waals surface area contributed by atoms with Crippen molar-refractivity contribution in [2.24, 2.45) is 0 Å². The van der Waals surface area contributed by atoms with Gasteiger partial charge in [0, 0.05) is 38.9 Å². The van der Waals surface area contributed by atoms with Gasteiger partial charge in [0.1, 0.15) is 53.4 Å². The molecule has 2 saturated heterocycles. The van der Waals surface area contributed by atoms with Crippen molar-refractivity contribution in [1.82, 2.24) is 40.0 Å². The number of carbonyl (C=O) groups is 2. The molecule has 2 fully saturated rings. The van der Waals surface area contributed by atoms with Crippen LogP contribution in [0.3, 0.4) is 0 Å². The smallest absolute Gasteiger partial charge is 0.303 e. The van der Waals surface area contributed by atoms with Crippen molar-refractivity contribution in [1.29, 1.82) is 0 Å². The highest BCUT2D eigenvalue weighted by atomic mass is 32.2. The number of ether oxygens (including phenoxy) is 5. The molecule has 2 aliphatic rings. The van der Waals surface area contributed by atoms with E-state index in [1.54, 1.807) is 6.20 Å². The number of carbonyl (C=O) groups excluding carboxylic acids is 2. The van der Waals surface area contributed by atoms with Crippen molar-refractivity contribution in [3.05, 3.63) is 60.6 Å². The lowest BCUT2D eigenvalue weighted by Crippen LogP contribution is -2.58. The van der Waals surface area contributed by atoms with Crippen molar-refractivity contribution < 1.29 is 51.6 Å². The largest absolute Gasteiger partial charge is 0.463 e. The van der Waals surface area contributed by atoms with Crippen LogP contribution in [0.2, 0.25) is 0 Å². The number of hydrogen-bond acceptors (Lipinski definition) is 15. The van der Waals surface area contributed by atoms with Crippen LogP contribution in [0, 0.1) is 17.5 Å². The third-order valence-electron chi connectivity index (χ3n) is 8.07. The van der Waals surface area contributed by atoms with Crippen molar-refractivity contribution in [3.8, 4) is 22.6 Å². The molecule has 1 N–H and O–H groups in total. The number of halogens is 3. The average molecular weight is 721 g/mol. The SMILES string of the molecule is CO[C@@H]1[C@@H](n2cc(-c3cc(F)c(F)c(F)c3)nn2)[C@@H](OC(C)=O)[C@@H](COC(C)=O)O[C@H]1S[C@@H]1COC[C@H](n2cc(-c3cnccn3)nn2)[C@H]1O. The van der Waals surface area contributed by atoms with Crippen LogP contribution in [0.4, 0.5) is 13.2 Å². The second-order valence-corrected chi connectivity index (χ2v) is 12.7. The summed E-state index contributed by atoms with van der Waals surface area (Å²) in [6.07, 6.45) is 3.26. The zero-order valence-electron chi connectivity index (χ0n) is 26.7. The highest BCUT2D eigenvalue weighted by Gasteiger charge is 2.52. The Morgan fingerprint density at radius 2 is 1.70 bits per heavy atom. The number of esters is 2. The summed E-state index contributed by atoms with van der Waals surface area (Å²) >= 11 is 1.16. The van der Waals surface area contributed by atoms with E-state index in [4.69, 9.17) is 23.7 Å². The zero-order valence-corrected chi connectivity index (χ0v) is 27.5. The minimum Gasteiger partial charge on any atom is -0.463 e. The fourth-order valence-corrected chi connectivity index (χ4v) is 7.24. The van der Waals surface area contributed by atoms with Gasteiger partial charge >= 0.3 is 11.9 Å². The highest BCUT2D eigenvalue weighted by molar-refractivity contribution is 8.00. The van der Waals surface area contributed by atoms with Crippen LogP contribution in [0.15, 0.2) is 43.1 Å². The molecule has 0 saturated carbocycles. The van der Waals surface area contributed by atoms with E-state index < -0.39 is 76.6 Å². The minimum atomic E-state index is -1.64. The van der Waals surface area contributed by atoms with Crippen molar-refractivity contribution in [3.63, 3.8) is 0 Å². The van der Waals surface area contributed by atoms with Gasteiger partial charge in [-0.25, -0.2) is 22.5 Å². The molecule has 3 aromatic heterocycles. The first kappa shape index (κ1) is 35.3. The standard InChI is InChI=1S/C30H31F3N8O8S/c1-14(42)47-12-23-28(48-15(2)43)26(41-9-20(36-39-41)16-6-17(31)25(33)18(32)7-16)29(45-3)30(49-23)50-24-13-46-11-22(27(24)44)40-10-21(37-38-40)19-8-34-4-5-35-19/h4-10,22-24,26-30,44H,11-13H2,1-3H3/t22-,23+,24+,26-,27+,28-,29+,30-/m0/s1. The first-order valence-electron chi connectivity index (χ1n) is 15.2. The monoisotopic (exact) mass is 720 g/mol. The van der Waals surface area contributed by atoms with Gasteiger partial charge in [0.25, 0.3) is 0 Å². The summed E-state index contributed by atoms with van der Waals surface area (Å²) in [5, 5.41) is 27.4. The maximum atomic E-state index is 14.1. The van der Waals surface area contributed by atoms with E-state index in [0.29, 0.717) is 11.4 Å². The summed E-state index contributed by atoms with van der Waals surface area (Å²) in [5.41, 5.74) is -0.129. The van der Waals surface area contributed by atoms with Gasteiger partial charge in [-0.3, -0.25) is 19.6 Å². The quantitative estimate of drug-likeness (QED) is 0.185. The van der Waals surface area contributed by atoms with E-state index in [1.807, 2.05) is 0 Å². The number of rotatable bonds is 10. The van der Waals surface area contributed by atoms with Gasteiger partial charge in [0.15, 0.2) is 23.6 Å². The molecule has 0 bridgehead atoms. The summed E-state index contributed by atoms with van der Waals surface area (Å²) in [4.78, 5) is 32.4. The molecule has 0 unspecified atom stereocenters. The Bertz CT molecular complexity index is 1800. The molecule has 8 atom stereocenters. The molecule has 266 valence electrons. The third-order valence-corrected chi connectivity index (χ3v) is 9.48. The van der Waals surface area contributed by atoms with E-state index >= 15 is 0 Å². The van der Waals surface area contributed by atoms with Crippen LogP contribution in [0.1, 0.15) is 25.9 Å². The van der Waals surface area contributed by atoms with Crippen molar-refractivity contribution in [2.75, 3.05) is 26.9 Å².